The zero-order valence-corrected chi connectivity index (χ0v) is 18.6. The van der Waals surface area contributed by atoms with Crippen molar-refractivity contribution in [2.45, 2.75) is 52.0 Å². The molecule has 0 amide bonds. The van der Waals surface area contributed by atoms with Crippen molar-refractivity contribution in [2.24, 2.45) is 5.92 Å². The number of hydrogen-bond acceptors (Lipinski definition) is 6. The topological polar surface area (TPSA) is 81.9 Å². The molecule has 1 fully saturated rings. The van der Waals surface area contributed by atoms with Crippen LogP contribution < -0.4 is 5.32 Å². The average molecular weight is 420 g/mol. The van der Waals surface area contributed by atoms with Gasteiger partial charge < -0.3 is 10.1 Å². The monoisotopic (exact) mass is 419 g/mol. The number of aryl methyl sites for hydroxylation is 2. The van der Waals surface area contributed by atoms with Gasteiger partial charge in [-0.05, 0) is 79.6 Å². The number of carbonyl (C=O) groups excluding carboxylic acids is 1. The van der Waals surface area contributed by atoms with Gasteiger partial charge in [-0.1, -0.05) is 36.8 Å². The molecule has 1 N–H and O–H groups in total. The molecule has 1 aliphatic rings. The molecule has 0 unspecified atom stereocenters. The van der Waals surface area contributed by atoms with E-state index in [1.54, 1.807) is 10.7 Å². The van der Waals surface area contributed by atoms with Gasteiger partial charge in [0.05, 0.1) is 23.9 Å². The molecule has 162 valence electrons. The van der Waals surface area contributed by atoms with Crippen LogP contribution in [-0.4, -0.2) is 33.3 Å². The number of para-hydroxylation sites is 1. The first-order chi connectivity index (χ1) is 14.9. The fourth-order valence-corrected chi connectivity index (χ4v) is 4.46. The van der Waals surface area contributed by atoms with Gasteiger partial charge in [0.1, 0.15) is 0 Å². The Morgan fingerprint density at radius 1 is 1.16 bits per heavy atom. The van der Waals surface area contributed by atoms with Crippen molar-refractivity contribution in [2.75, 3.05) is 12.4 Å². The Morgan fingerprint density at radius 2 is 1.90 bits per heavy atom. The summed E-state index contributed by atoms with van der Waals surface area (Å²) in [5.41, 5.74) is 4.12. The van der Waals surface area contributed by atoms with Crippen molar-refractivity contribution in [3.05, 3.63) is 65.0 Å². The molecule has 1 aromatic heterocycles. The Balaban J connectivity index is 1.82. The highest BCUT2D eigenvalue weighted by Gasteiger charge is 2.41. The van der Waals surface area contributed by atoms with Crippen LogP contribution in [0, 0.1) is 19.8 Å². The van der Waals surface area contributed by atoms with Gasteiger partial charge in [-0.15, -0.1) is 5.10 Å². The summed E-state index contributed by atoms with van der Waals surface area (Å²) in [4.78, 5) is 12.4. The lowest BCUT2D eigenvalue weighted by Crippen LogP contribution is -2.42. The van der Waals surface area contributed by atoms with Crippen molar-refractivity contribution < 1.29 is 9.53 Å². The number of nitrogens with one attached hydrogen (secondary N) is 1. The lowest BCUT2D eigenvalue weighted by molar-refractivity contribution is 0.0600. The van der Waals surface area contributed by atoms with Crippen molar-refractivity contribution >= 4 is 11.7 Å². The van der Waals surface area contributed by atoms with Crippen LogP contribution in [0.15, 0.2) is 42.5 Å². The summed E-state index contributed by atoms with van der Waals surface area (Å²) in [6.07, 6.45) is 3.96. The van der Waals surface area contributed by atoms with Crippen molar-refractivity contribution in [1.29, 1.82) is 0 Å². The largest absolute Gasteiger partial charge is 0.465 e. The standard InChI is InChI=1S/C24H29N5O2/c1-16-11-13-24(14-12-16,25-20-10-9-17(2)15-18(20)3)23-26-27-28-29(23)21-8-6-5-7-19(21)22(30)31-4/h5-10,15-16,25H,11-14H2,1-4H3. The molecule has 1 heterocycles. The third-order valence-electron chi connectivity index (χ3n) is 6.32. The minimum atomic E-state index is -0.431. The van der Waals surface area contributed by atoms with Crippen LogP contribution in [0.3, 0.4) is 0 Å². The molecule has 3 aromatic rings. The number of carbonyl (C=O) groups is 1. The minimum Gasteiger partial charge on any atom is -0.465 e. The lowest BCUT2D eigenvalue weighted by Gasteiger charge is -2.40. The van der Waals surface area contributed by atoms with E-state index in [1.807, 2.05) is 18.2 Å². The molecule has 1 aliphatic carbocycles. The first-order valence-electron chi connectivity index (χ1n) is 10.8. The molecule has 2 aromatic carbocycles. The summed E-state index contributed by atoms with van der Waals surface area (Å²) in [6, 6.07) is 13.7. The predicted molar refractivity (Wildman–Crippen MR) is 119 cm³/mol. The summed E-state index contributed by atoms with van der Waals surface area (Å²) in [5.74, 6) is 0.960. The molecule has 0 saturated heterocycles. The van der Waals surface area contributed by atoms with Crippen LogP contribution in [0.1, 0.15) is 59.9 Å². The number of anilines is 1. The van der Waals surface area contributed by atoms with Crippen LogP contribution in [0.4, 0.5) is 5.69 Å². The van der Waals surface area contributed by atoms with Gasteiger partial charge in [0, 0.05) is 5.69 Å². The maximum absolute atomic E-state index is 12.4. The summed E-state index contributed by atoms with van der Waals surface area (Å²) in [5, 5.41) is 16.6. The fourth-order valence-electron chi connectivity index (χ4n) is 4.46. The van der Waals surface area contributed by atoms with Crippen LogP contribution >= 0.6 is 0 Å². The van der Waals surface area contributed by atoms with Crippen molar-refractivity contribution in [3.63, 3.8) is 0 Å². The number of nitrogens with zero attached hydrogens (tertiary/aromatic N) is 4. The predicted octanol–water partition coefficient (Wildman–Crippen LogP) is 4.58. The molecular formula is C24H29N5O2. The van der Waals surface area contributed by atoms with Crippen LogP contribution in [-0.2, 0) is 10.3 Å². The Hall–Kier alpha value is -3.22. The normalized spacial score (nSPS) is 21.0. The number of hydrogen-bond donors (Lipinski definition) is 1. The molecule has 0 spiro atoms. The van der Waals surface area contributed by atoms with E-state index in [0.717, 1.165) is 37.2 Å². The minimum absolute atomic E-state index is 0.411. The molecule has 4 rings (SSSR count). The number of methoxy groups -OCH3 is 1. The van der Waals surface area contributed by atoms with Crippen LogP contribution in [0.5, 0.6) is 0 Å². The van der Waals surface area contributed by atoms with E-state index in [9.17, 15) is 4.79 Å². The maximum Gasteiger partial charge on any atom is 0.340 e. The number of aromatic nitrogens is 4. The number of tetrazole rings is 1. The molecule has 7 heteroatoms. The molecule has 0 bridgehead atoms. The zero-order valence-electron chi connectivity index (χ0n) is 18.6. The highest BCUT2D eigenvalue weighted by Crippen LogP contribution is 2.42. The summed E-state index contributed by atoms with van der Waals surface area (Å²) in [7, 11) is 1.38. The first-order valence-corrected chi connectivity index (χ1v) is 10.8. The van der Waals surface area contributed by atoms with Gasteiger partial charge in [-0.25, -0.2) is 4.79 Å². The van der Waals surface area contributed by atoms with Gasteiger partial charge in [0.15, 0.2) is 5.82 Å². The summed E-state index contributed by atoms with van der Waals surface area (Å²) < 4.78 is 6.68. The second kappa shape index (κ2) is 8.49. The second-order valence-electron chi connectivity index (χ2n) is 8.63. The Labute approximate surface area is 182 Å². The van der Waals surface area contributed by atoms with Crippen molar-refractivity contribution in [1.82, 2.24) is 20.2 Å². The van der Waals surface area contributed by atoms with E-state index < -0.39 is 11.5 Å². The highest BCUT2D eigenvalue weighted by molar-refractivity contribution is 5.93. The zero-order chi connectivity index (χ0) is 22.0. The Morgan fingerprint density at radius 3 is 2.61 bits per heavy atom. The second-order valence-corrected chi connectivity index (χ2v) is 8.63. The molecule has 31 heavy (non-hydrogen) atoms. The Bertz CT molecular complexity index is 1080. The number of rotatable bonds is 5. The number of benzene rings is 2. The summed E-state index contributed by atoms with van der Waals surface area (Å²) in [6.45, 7) is 6.50. The van der Waals surface area contributed by atoms with Crippen LogP contribution in [0.2, 0.25) is 0 Å². The van der Waals surface area contributed by atoms with Gasteiger partial charge in [-0.3, -0.25) is 0 Å². The van der Waals surface area contributed by atoms with Crippen LogP contribution in [0.25, 0.3) is 5.69 Å². The molecule has 1 saturated carbocycles. The third-order valence-corrected chi connectivity index (χ3v) is 6.32. The van der Waals surface area contributed by atoms with E-state index in [-0.39, 0.29) is 0 Å². The van der Waals surface area contributed by atoms with E-state index >= 15 is 0 Å². The van der Waals surface area contributed by atoms with Gasteiger partial charge in [-0.2, -0.15) is 4.68 Å². The number of ether oxygens (including phenoxy) is 1. The van der Waals surface area contributed by atoms with E-state index in [2.05, 4.69) is 59.8 Å². The SMILES string of the molecule is COC(=O)c1ccccc1-n1nnnc1C1(Nc2ccc(C)cc2C)CCC(C)CC1. The number of esters is 1. The first kappa shape index (κ1) is 21.0. The van der Waals surface area contributed by atoms with Crippen molar-refractivity contribution in [3.8, 4) is 5.69 Å². The van der Waals surface area contributed by atoms with Gasteiger partial charge in [0.25, 0.3) is 0 Å². The highest BCUT2D eigenvalue weighted by atomic mass is 16.5. The van der Waals surface area contributed by atoms with E-state index in [4.69, 9.17) is 4.74 Å². The maximum atomic E-state index is 12.4. The van der Waals surface area contributed by atoms with Gasteiger partial charge >= 0.3 is 5.97 Å². The molecule has 0 aliphatic heterocycles. The molecular weight excluding hydrogens is 390 g/mol. The molecule has 0 atom stereocenters. The van der Waals surface area contributed by atoms with E-state index in [0.29, 0.717) is 17.2 Å². The third kappa shape index (κ3) is 4.04. The quantitative estimate of drug-likeness (QED) is 0.610. The van der Waals surface area contributed by atoms with Gasteiger partial charge in [0.2, 0.25) is 0 Å². The average Bonchev–Trinajstić information content (AvgIpc) is 3.27. The smallest absolute Gasteiger partial charge is 0.340 e. The van der Waals surface area contributed by atoms with E-state index in [1.165, 1.54) is 18.2 Å². The fraction of sp³-hybridized carbons (Fsp3) is 0.417. The lowest BCUT2D eigenvalue weighted by atomic mass is 9.76. The summed E-state index contributed by atoms with van der Waals surface area (Å²) >= 11 is 0. The Kier molecular flexibility index (Phi) is 5.76. The molecule has 7 nitrogen and oxygen atoms in total. The molecule has 0 radical (unpaired) electrons.